The summed E-state index contributed by atoms with van der Waals surface area (Å²) in [5, 5.41) is 4.72. The van der Waals surface area contributed by atoms with Crippen molar-refractivity contribution in [2.75, 3.05) is 19.6 Å². The first kappa shape index (κ1) is 13.4. The van der Waals surface area contributed by atoms with Gasteiger partial charge in [0.25, 0.3) is 0 Å². The molecule has 1 heterocycles. The van der Waals surface area contributed by atoms with Gasteiger partial charge in [-0.05, 0) is 44.0 Å². The smallest absolute Gasteiger partial charge is 0.0451 e. The highest BCUT2D eigenvalue weighted by Gasteiger charge is 2.36. The van der Waals surface area contributed by atoms with Gasteiger partial charge in [0.2, 0.25) is 0 Å². The van der Waals surface area contributed by atoms with Gasteiger partial charge in [0.05, 0.1) is 0 Å². The molecule has 1 spiro atoms. The van der Waals surface area contributed by atoms with E-state index in [0.29, 0.717) is 5.54 Å². The molecule has 0 radical (unpaired) electrons. The molecule has 0 atom stereocenters. The van der Waals surface area contributed by atoms with Crippen LogP contribution in [0.3, 0.4) is 0 Å². The Kier molecular flexibility index (Phi) is 4.11. The van der Waals surface area contributed by atoms with E-state index in [0.717, 1.165) is 11.6 Å². The molecule has 3 rings (SSSR count). The molecule has 0 unspecified atom stereocenters. The molecular weight excluding hydrogens is 256 g/mol. The Morgan fingerprint density at radius 1 is 1.16 bits per heavy atom. The van der Waals surface area contributed by atoms with Gasteiger partial charge in [0.15, 0.2) is 0 Å². The van der Waals surface area contributed by atoms with E-state index in [2.05, 4.69) is 22.3 Å². The maximum atomic E-state index is 6.29. The Hall–Kier alpha value is -0.570. The lowest BCUT2D eigenvalue weighted by Gasteiger charge is -2.33. The molecule has 0 aromatic heterocycles. The number of nitrogens with zero attached hydrogens (tertiary/aromatic N) is 1. The number of hydrogen-bond donors (Lipinski definition) is 1. The SMILES string of the molecule is Clc1ccccc1CN1CCCNC2(CCCC2)C1. The van der Waals surface area contributed by atoms with Crippen LogP contribution in [0.2, 0.25) is 5.02 Å². The third kappa shape index (κ3) is 3.13. The highest BCUT2D eigenvalue weighted by atomic mass is 35.5. The van der Waals surface area contributed by atoms with E-state index in [4.69, 9.17) is 11.6 Å². The van der Waals surface area contributed by atoms with E-state index in [9.17, 15) is 0 Å². The Balaban J connectivity index is 1.71. The van der Waals surface area contributed by atoms with Crippen LogP contribution in [0.25, 0.3) is 0 Å². The molecule has 0 bridgehead atoms. The first-order valence-corrected chi connectivity index (χ1v) is 7.86. The van der Waals surface area contributed by atoms with Crippen molar-refractivity contribution in [3.8, 4) is 0 Å². The molecule has 1 saturated heterocycles. The minimum Gasteiger partial charge on any atom is -0.310 e. The summed E-state index contributed by atoms with van der Waals surface area (Å²) in [7, 11) is 0. The van der Waals surface area contributed by atoms with Gasteiger partial charge in [-0.25, -0.2) is 0 Å². The third-order valence-electron chi connectivity index (χ3n) is 4.59. The maximum Gasteiger partial charge on any atom is 0.0451 e. The fourth-order valence-electron chi connectivity index (χ4n) is 3.61. The van der Waals surface area contributed by atoms with Gasteiger partial charge in [0, 0.05) is 23.7 Å². The monoisotopic (exact) mass is 278 g/mol. The predicted molar refractivity (Wildman–Crippen MR) is 80.5 cm³/mol. The van der Waals surface area contributed by atoms with Crippen LogP contribution in [-0.2, 0) is 6.54 Å². The van der Waals surface area contributed by atoms with E-state index in [-0.39, 0.29) is 0 Å². The summed E-state index contributed by atoms with van der Waals surface area (Å²) in [6, 6.07) is 8.25. The molecule has 3 heteroatoms. The van der Waals surface area contributed by atoms with E-state index < -0.39 is 0 Å². The molecule has 2 nitrogen and oxygen atoms in total. The van der Waals surface area contributed by atoms with Gasteiger partial charge in [-0.15, -0.1) is 0 Å². The molecule has 0 amide bonds. The molecule has 2 fully saturated rings. The largest absolute Gasteiger partial charge is 0.310 e. The van der Waals surface area contributed by atoms with Crippen LogP contribution >= 0.6 is 11.6 Å². The molecular formula is C16H23ClN2. The lowest BCUT2D eigenvalue weighted by molar-refractivity contribution is 0.203. The minimum absolute atomic E-state index is 0.387. The van der Waals surface area contributed by atoms with Crippen molar-refractivity contribution in [1.82, 2.24) is 10.2 Å². The molecule has 1 aromatic carbocycles. The molecule has 2 aliphatic rings. The van der Waals surface area contributed by atoms with Crippen LogP contribution in [0.4, 0.5) is 0 Å². The average Bonchev–Trinajstić information content (AvgIpc) is 2.76. The Labute approximate surface area is 121 Å². The van der Waals surface area contributed by atoms with Crippen LogP contribution in [-0.4, -0.2) is 30.1 Å². The van der Waals surface area contributed by atoms with Crippen molar-refractivity contribution in [1.29, 1.82) is 0 Å². The van der Waals surface area contributed by atoms with Gasteiger partial charge in [-0.3, -0.25) is 4.90 Å². The van der Waals surface area contributed by atoms with E-state index in [1.54, 1.807) is 0 Å². The lowest BCUT2D eigenvalue weighted by Crippen LogP contribution is -2.49. The summed E-state index contributed by atoms with van der Waals surface area (Å²) in [4.78, 5) is 2.59. The first-order valence-electron chi connectivity index (χ1n) is 7.48. The summed E-state index contributed by atoms with van der Waals surface area (Å²) >= 11 is 6.29. The van der Waals surface area contributed by atoms with E-state index in [1.165, 1.54) is 57.3 Å². The quantitative estimate of drug-likeness (QED) is 0.891. The van der Waals surface area contributed by atoms with Crippen molar-refractivity contribution in [2.45, 2.75) is 44.2 Å². The van der Waals surface area contributed by atoms with E-state index in [1.807, 2.05) is 12.1 Å². The molecule has 1 aliphatic carbocycles. The molecule has 1 aromatic rings. The van der Waals surface area contributed by atoms with Crippen molar-refractivity contribution in [3.63, 3.8) is 0 Å². The molecule has 1 aliphatic heterocycles. The summed E-state index contributed by atoms with van der Waals surface area (Å²) in [6.07, 6.45) is 6.68. The summed E-state index contributed by atoms with van der Waals surface area (Å²) in [5.41, 5.74) is 1.65. The zero-order valence-electron chi connectivity index (χ0n) is 11.5. The van der Waals surface area contributed by atoms with Gasteiger partial charge in [0.1, 0.15) is 0 Å². The minimum atomic E-state index is 0.387. The van der Waals surface area contributed by atoms with Crippen LogP contribution in [0.1, 0.15) is 37.7 Å². The molecule has 1 saturated carbocycles. The van der Waals surface area contributed by atoms with Gasteiger partial charge >= 0.3 is 0 Å². The number of nitrogens with one attached hydrogen (secondary N) is 1. The summed E-state index contributed by atoms with van der Waals surface area (Å²) in [5.74, 6) is 0. The van der Waals surface area contributed by atoms with Crippen molar-refractivity contribution >= 4 is 11.6 Å². The Morgan fingerprint density at radius 2 is 1.95 bits per heavy atom. The van der Waals surface area contributed by atoms with Crippen LogP contribution in [0.15, 0.2) is 24.3 Å². The van der Waals surface area contributed by atoms with E-state index >= 15 is 0 Å². The number of hydrogen-bond acceptors (Lipinski definition) is 2. The maximum absolute atomic E-state index is 6.29. The second-order valence-electron chi connectivity index (χ2n) is 6.07. The second kappa shape index (κ2) is 5.82. The normalized spacial score (nSPS) is 23.6. The number of halogens is 1. The number of benzene rings is 1. The van der Waals surface area contributed by atoms with Crippen LogP contribution in [0.5, 0.6) is 0 Å². The second-order valence-corrected chi connectivity index (χ2v) is 6.48. The van der Waals surface area contributed by atoms with Crippen molar-refractivity contribution in [2.24, 2.45) is 0 Å². The highest BCUT2D eigenvalue weighted by Crippen LogP contribution is 2.32. The Morgan fingerprint density at radius 3 is 2.74 bits per heavy atom. The fourth-order valence-corrected chi connectivity index (χ4v) is 3.80. The first-order chi connectivity index (χ1) is 9.27. The van der Waals surface area contributed by atoms with Crippen molar-refractivity contribution in [3.05, 3.63) is 34.9 Å². The standard InChI is InChI=1S/C16H23ClN2/c17-15-7-2-1-6-14(15)12-19-11-5-10-18-16(13-19)8-3-4-9-16/h1-2,6-7,18H,3-5,8-13H2. The van der Waals surface area contributed by atoms with Crippen LogP contribution < -0.4 is 5.32 Å². The van der Waals surface area contributed by atoms with Gasteiger partial charge in [-0.1, -0.05) is 42.6 Å². The topological polar surface area (TPSA) is 15.3 Å². The molecule has 104 valence electrons. The van der Waals surface area contributed by atoms with Crippen LogP contribution in [0, 0.1) is 0 Å². The zero-order chi connectivity index (χ0) is 13.1. The van der Waals surface area contributed by atoms with Gasteiger partial charge in [-0.2, -0.15) is 0 Å². The Bertz CT molecular complexity index is 427. The third-order valence-corrected chi connectivity index (χ3v) is 4.96. The van der Waals surface area contributed by atoms with Gasteiger partial charge < -0.3 is 5.32 Å². The molecule has 19 heavy (non-hydrogen) atoms. The van der Waals surface area contributed by atoms with Crippen molar-refractivity contribution < 1.29 is 0 Å². The summed E-state index contributed by atoms with van der Waals surface area (Å²) in [6.45, 7) is 4.51. The predicted octanol–water partition coefficient (Wildman–Crippen LogP) is 3.45. The molecule has 1 N–H and O–H groups in total. The fraction of sp³-hybridized carbons (Fsp3) is 0.625. The average molecular weight is 279 g/mol. The zero-order valence-corrected chi connectivity index (χ0v) is 12.3. The number of rotatable bonds is 2. The lowest BCUT2D eigenvalue weighted by atomic mass is 9.97. The summed E-state index contributed by atoms with van der Waals surface area (Å²) < 4.78 is 0. The highest BCUT2D eigenvalue weighted by molar-refractivity contribution is 6.31.